The van der Waals surface area contributed by atoms with Crippen LogP contribution in [-0.4, -0.2) is 39.5 Å². The smallest absolute Gasteiger partial charge is 0.191 e. The number of nitrogens with one attached hydrogen (secondary N) is 2. The summed E-state index contributed by atoms with van der Waals surface area (Å²) in [7, 11) is -3.01. The van der Waals surface area contributed by atoms with Crippen molar-refractivity contribution in [1.29, 1.82) is 0 Å². The predicted molar refractivity (Wildman–Crippen MR) is 120 cm³/mol. The van der Waals surface area contributed by atoms with Gasteiger partial charge in [-0.25, -0.2) is 13.4 Å². The summed E-state index contributed by atoms with van der Waals surface area (Å²) in [6.07, 6.45) is 1.24. The van der Waals surface area contributed by atoms with Crippen LogP contribution in [0.4, 0.5) is 0 Å². The quantitative estimate of drug-likeness (QED) is 0.269. The summed E-state index contributed by atoms with van der Waals surface area (Å²) in [5.41, 5.74) is 1.82. The average molecular weight is 440 g/mol. The first-order chi connectivity index (χ1) is 13.4. The highest BCUT2D eigenvalue weighted by Crippen LogP contribution is 2.19. The second-order valence-electron chi connectivity index (χ2n) is 6.31. The SMILES string of the molecule is CCNC(=NCc1ccc(CS(C)(=O)=O)cc1)NCCSc1ccc(Cl)cc1. The first kappa shape index (κ1) is 22.6. The molecule has 0 saturated carbocycles. The van der Waals surface area contributed by atoms with Crippen LogP contribution in [0, 0.1) is 0 Å². The lowest BCUT2D eigenvalue weighted by Gasteiger charge is -2.11. The molecule has 2 rings (SSSR count). The molecule has 5 nitrogen and oxygen atoms in total. The lowest BCUT2D eigenvalue weighted by Crippen LogP contribution is -2.38. The van der Waals surface area contributed by atoms with Crippen molar-refractivity contribution >= 4 is 39.2 Å². The highest BCUT2D eigenvalue weighted by molar-refractivity contribution is 7.99. The molecule has 0 spiro atoms. The van der Waals surface area contributed by atoms with Crippen LogP contribution in [0.2, 0.25) is 5.02 Å². The van der Waals surface area contributed by atoms with E-state index in [0.29, 0.717) is 6.54 Å². The van der Waals surface area contributed by atoms with Crippen LogP contribution in [0.15, 0.2) is 58.4 Å². The number of hydrogen-bond donors (Lipinski definition) is 2. The number of hydrogen-bond acceptors (Lipinski definition) is 4. The van der Waals surface area contributed by atoms with Gasteiger partial charge in [-0.2, -0.15) is 0 Å². The Kier molecular flexibility index (Phi) is 9.15. The molecule has 0 atom stereocenters. The standard InChI is InChI=1S/C20H26ClN3O2S2/c1-3-22-20(23-12-13-27-19-10-8-18(21)9-11-19)24-14-16-4-6-17(7-5-16)15-28(2,25)26/h4-11H,3,12-15H2,1-2H3,(H2,22,23,24). The Morgan fingerprint density at radius 3 is 2.29 bits per heavy atom. The van der Waals surface area contributed by atoms with E-state index in [-0.39, 0.29) is 5.75 Å². The van der Waals surface area contributed by atoms with E-state index in [1.165, 1.54) is 11.2 Å². The number of aliphatic imine (C=N–C) groups is 1. The molecule has 0 amide bonds. The van der Waals surface area contributed by atoms with Gasteiger partial charge in [0.25, 0.3) is 0 Å². The molecule has 2 aromatic carbocycles. The maximum Gasteiger partial charge on any atom is 0.191 e. The van der Waals surface area contributed by atoms with E-state index in [9.17, 15) is 8.42 Å². The lowest BCUT2D eigenvalue weighted by molar-refractivity contribution is 0.601. The van der Waals surface area contributed by atoms with E-state index < -0.39 is 9.84 Å². The average Bonchev–Trinajstić information content (AvgIpc) is 2.64. The minimum Gasteiger partial charge on any atom is -0.357 e. The molecule has 152 valence electrons. The molecule has 0 saturated heterocycles. The van der Waals surface area contributed by atoms with Gasteiger partial charge in [0.2, 0.25) is 0 Å². The van der Waals surface area contributed by atoms with E-state index >= 15 is 0 Å². The zero-order valence-corrected chi connectivity index (χ0v) is 18.5. The highest BCUT2D eigenvalue weighted by Gasteiger charge is 2.04. The Hall–Kier alpha value is -1.70. The van der Waals surface area contributed by atoms with Crippen molar-refractivity contribution in [3.8, 4) is 0 Å². The fraction of sp³-hybridized carbons (Fsp3) is 0.350. The molecule has 0 fully saturated rings. The van der Waals surface area contributed by atoms with Gasteiger partial charge in [0.1, 0.15) is 0 Å². The van der Waals surface area contributed by atoms with Crippen molar-refractivity contribution in [2.75, 3.05) is 25.1 Å². The normalized spacial score (nSPS) is 12.0. The molecule has 8 heteroatoms. The van der Waals surface area contributed by atoms with E-state index in [2.05, 4.69) is 15.6 Å². The maximum absolute atomic E-state index is 11.4. The molecule has 2 N–H and O–H groups in total. The Bertz CT molecular complexity index is 867. The molecule has 28 heavy (non-hydrogen) atoms. The molecule has 0 bridgehead atoms. The van der Waals surface area contributed by atoms with Crippen molar-refractivity contribution in [3.63, 3.8) is 0 Å². The van der Waals surface area contributed by atoms with E-state index in [1.54, 1.807) is 11.8 Å². The number of halogens is 1. The highest BCUT2D eigenvalue weighted by atomic mass is 35.5. The van der Waals surface area contributed by atoms with Crippen LogP contribution in [0.5, 0.6) is 0 Å². The Morgan fingerprint density at radius 1 is 1.04 bits per heavy atom. The minimum absolute atomic E-state index is 0.0615. The van der Waals surface area contributed by atoms with Crippen LogP contribution < -0.4 is 10.6 Å². The van der Waals surface area contributed by atoms with Crippen LogP contribution in [0.3, 0.4) is 0 Å². The second kappa shape index (κ2) is 11.3. The topological polar surface area (TPSA) is 70.6 Å². The molecule has 0 aromatic heterocycles. The summed E-state index contributed by atoms with van der Waals surface area (Å²) >= 11 is 7.66. The zero-order chi connectivity index (χ0) is 20.4. The number of guanidine groups is 1. The van der Waals surface area contributed by atoms with E-state index in [4.69, 9.17) is 11.6 Å². The third kappa shape index (κ3) is 8.99. The molecule has 0 unspecified atom stereocenters. The van der Waals surface area contributed by atoms with E-state index in [0.717, 1.165) is 41.0 Å². The Labute approximate surface area is 176 Å². The number of benzene rings is 2. The molecular weight excluding hydrogens is 414 g/mol. The fourth-order valence-corrected chi connectivity index (χ4v) is 4.12. The van der Waals surface area contributed by atoms with Crippen LogP contribution in [0.25, 0.3) is 0 Å². The van der Waals surface area contributed by atoms with Gasteiger partial charge in [0, 0.05) is 35.0 Å². The zero-order valence-electron chi connectivity index (χ0n) is 16.1. The van der Waals surface area contributed by atoms with Crippen LogP contribution in [-0.2, 0) is 22.1 Å². The number of thioether (sulfide) groups is 1. The van der Waals surface area contributed by atoms with Gasteiger partial charge in [0.15, 0.2) is 15.8 Å². The Balaban J connectivity index is 1.83. The van der Waals surface area contributed by atoms with Crippen molar-refractivity contribution in [3.05, 3.63) is 64.7 Å². The summed E-state index contributed by atoms with van der Waals surface area (Å²) in [6.45, 7) is 4.12. The molecule has 0 aliphatic carbocycles. The van der Waals surface area contributed by atoms with Gasteiger partial charge in [0.05, 0.1) is 12.3 Å². The minimum atomic E-state index is -3.01. The predicted octanol–water partition coefficient (Wildman–Crippen LogP) is 3.73. The van der Waals surface area contributed by atoms with Crippen molar-refractivity contribution in [2.45, 2.75) is 24.1 Å². The van der Waals surface area contributed by atoms with Crippen LogP contribution in [0.1, 0.15) is 18.1 Å². The number of rotatable bonds is 9. The Morgan fingerprint density at radius 2 is 1.68 bits per heavy atom. The molecule has 0 heterocycles. The summed E-state index contributed by atoms with van der Waals surface area (Å²) in [4.78, 5) is 5.78. The summed E-state index contributed by atoms with van der Waals surface area (Å²) in [5.74, 6) is 1.73. The molecule has 2 aromatic rings. The summed E-state index contributed by atoms with van der Waals surface area (Å²) in [5, 5.41) is 7.31. The van der Waals surface area contributed by atoms with E-state index in [1.807, 2.05) is 55.5 Å². The third-order valence-electron chi connectivity index (χ3n) is 3.69. The first-order valence-electron chi connectivity index (χ1n) is 9.02. The van der Waals surface area contributed by atoms with Crippen LogP contribution >= 0.6 is 23.4 Å². The molecule has 0 aliphatic heterocycles. The van der Waals surface area contributed by atoms with Crippen molar-refractivity contribution < 1.29 is 8.42 Å². The second-order valence-corrected chi connectivity index (χ2v) is 10.1. The van der Waals surface area contributed by atoms with Gasteiger partial charge in [-0.3, -0.25) is 0 Å². The first-order valence-corrected chi connectivity index (χ1v) is 12.4. The van der Waals surface area contributed by atoms with Crippen molar-refractivity contribution in [1.82, 2.24) is 10.6 Å². The van der Waals surface area contributed by atoms with Gasteiger partial charge in [-0.15, -0.1) is 11.8 Å². The van der Waals surface area contributed by atoms with Gasteiger partial charge in [-0.1, -0.05) is 35.9 Å². The summed E-state index contributed by atoms with van der Waals surface area (Å²) < 4.78 is 22.7. The summed E-state index contributed by atoms with van der Waals surface area (Å²) in [6, 6.07) is 15.3. The van der Waals surface area contributed by atoms with Crippen molar-refractivity contribution in [2.24, 2.45) is 4.99 Å². The number of nitrogens with zero attached hydrogens (tertiary/aromatic N) is 1. The largest absolute Gasteiger partial charge is 0.357 e. The molecule has 0 radical (unpaired) electrons. The lowest BCUT2D eigenvalue weighted by atomic mass is 10.1. The van der Waals surface area contributed by atoms with Gasteiger partial charge >= 0.3 is 0 Å². The maximum atomic E-state index is 11.4. The third-order valence-corrected chi connectivity index (χ3v) is 5.82. The van der Waals surface area contributed by atoms with Gasteiger partial charge < -0.3 is 10.6 Å². The number of sulfone groups is 1. The monoisotopic (exact) mass is 439 g/mol. The van der Waals surface area contributed by atoms with Gasteiger partial charge in [-0.05, 0) is 42.3 Å². The fourth-order valence-electron chi connectivity index (χ4n) is 2.42. The molecule has 0 aliphatic rings. The molecular formula is C20H26ClN3O2S2.